The number of aromatic nitrogens is 4. The van der Waals surface area contributed by atoms with E-state index in [0.717, 1.165) is 11.1 Å². The third kappa shape index (κ3) is 6.15. The molecule has 0 atom stereocenters. The average molecular weight is 480 g/mol. The molecular weight excluding hydrogens is 461 g/mol. The molecule has 0 radical (unpaired) electrons. The van der Waals surface area contributed by atoms with Crippen molar-refractivity contribution in [2.45, 2.75) is 6.54 Å². The minimum Gasteiger partial charge on any atom is -0.339 e. The van der Waals surface area contributed by atoms with E-state index in [1.165, 1.54) is 24.4 Å². The molecule has 34 heavy (non-hydrogen) atoms. The Morgan fingerprint density at radius 2 is 1.82 bits per heavy atom. The van der Waals surface area contributed by atoms with Gasteiger partial charge in [-0.2, -0.15) is 10.1 Å². The number of amides is 1. The first-order valence-electron chi connectivity index (χ1n) is 10.0. The number of hydrogen-bond donors (Lipinski definition) is 4. The number of anilines is 4. The van der Waals surface area contributed by atoms with E-state index in [1.54, 1.807) is 34.6 Å². The molecule has 1 amide bonds. The molecule has 4 N–H and O–H groups in total. The van der Waals surface area contributed by atoms with Crippen molar-refractivity contribution in [3.8, 4) is 0 Å². The van der Waals surface area contributed by atoms with Gasteiger partial charge in [0.15, 0.2) is 5.82 Å². The highest BCUT2D eigenvalue weighted by atomic mass is 35.5. The Hall–Kier alpha value is -4.28. The molecule has 0 saturated heterocycles. The van der Waals surface area contributed by atoms with Crippen LogP contribution in [0.4, 0.5) is 27.5 Å². The molecule has 0 aliphatic carbocycles. The normalized spacial score (nSPS) is 10.9. The van der Waals surface area contributed by atoms with Crippen LogP contribution >= 0.6 is 11.6 Å². The van der Waals surface area contributed by atoms with Gasteiger partial charge in [0.05, 0.1) is 24.6 Å². The number of halogens is 2. The Morgan fingerprint density at radius 1 is 1.06 bits per heavy atom. The first kappa shape index (κ1) is 22.9. The summed E-state index contributed by atoms with van der Waals surface area (Å²) in [6, 6.07) is 13.4. The standard InChI is InChI=1S/C23H19ClFN7O2/c24-20-12-26-23(30-22(20)28-18-8-6-17(25)7-9-18)29-19-11-27-32(14-19)13-16-3-1-15(2-4-16)5-10-21(33)31-34/h1-12,14,34H,13H2,(H,31,33)(H2,26,28,29,30)/b10-5+. The number of carbonyl (C=O) groups is 1. The predicted molar refractivity (Wildman–Crippen MR) is 127 cm³/mol. The molecule has 2 aromatic heterocycles. The highest BCUT2D eigenvalue weighted by Crippen LogP contribution is 2.25. The smallest absolute Gasteiger partial charge is 0.267 e. The van der Waals surface area contributed by atoms with Gasteiger partial charge < -0.3 is 10.6 Å². The summed E-state index contributed by atoms with van der Waals surface area (Å²) in [5, 5.41) is 19.3. The Bertz CT molecular complexity index is 1310. The SMILES string of the molecule is O=C(/C=C/c1ccc(Cn2cc(Nc3ncc(Cl)c(Nc4ccc(F)cc4)n3)cn2)cc1)NO. The Kier molecular flexibility index (Phi) is 7.11. The van der Waals surface area contributed by atoms with Crippen LogP contribution in [0.1, 0.15) is 11.1 Å². The summed E-state index contributed by atoms with van der Waals surface area (Å²) in [5.41, 5.74) is 4.69. The molecule has 11 heteroatoms. The summed E-state index contributed by atoms with van der Waals surface area (Å²) in [7, 11) is 0. The number of hydroxylamine groups is 1. The molecule has 2 aromatic carbocycles. The van der Waals surface area contributed by atoms with Crippen molar-refractivity contribution >= 4 is 46.7 Å². The lowest BCUT2D eigenvalue weighted by atomic mass is 10.1. The van der Waals surface area contributed by atoms with E-state index < -0.39 is 5.91 Å². The van der Waals surface area contributed by atoms with Crippen LogP contribution in [0.3, 0.4) is 0 Å². The number of hydrogen-bond acceptors (Lipinski definition) is 7. The molecule has 0 aliphatic rings. The second-order valence-corrected chi connectivity index (χ2v) is 7.53. The van der Waals surface area contributed by atoms with Gasteiger partial charge in [0, 0.05) is 18.0 Å². The van der Waals surface area contributed by atoms with E-state index >= 15 is 0 Å². The van der Waals surface area contributed by atoms with Gasteiger partial charge in [-0.25, -0.2) is 14.9 Å². The summed E-state index contributed by atoms with van der Waals surface area (Å²) in [6.07, 6.45) is 7.75. The maximum Gasteiger partial charge on any atom is 0.267 e. The fourth-order valence-electron chi connectivity index (χ4n) is 2.96. The van der Waals surface area contributed by atoms with Crippen LogP contribution in [0.15, 0.2) is 73.2 Å². The van der Waals surface area contributed by atoms with Gasteiger partial charge in [0.2, 0.25) is 5.95 Å². The van der Waals surface area contributed by atoms with E-state index in [4.69, 9.17) is 16.8 Å². The molecule has 172 valence electrons. The van der Waals surface area contributed by atoms with Crippen molar-refractivity contribution in [2.75, 3.05) is 10.6 Å². The van der Waals surface area contributed by atoms with Crippen molar-refractivity contribution in [3.63, 3.8) is 0 Å². The summed E-state index contributed by atoms with van der Waals surface area (Å²) in [6.45, 7) is 0.529. The molecular formula is C23H19ClFN7O2. The fourth-order valence-corrected chi connectivity index (χ4v) is 3.10. The van der Waals surface area contributed by atoms with Crippen molar-refractivity contribution in [3.05, 3.63) is 95.2 Å². The second-order valence-electron chi connectivity index (χ2n) is 7.12. The van der Waals surface area contributed by atoms with Crippen LogP contribution in [-0.2, 0) is 11.3 Å². The lowest BCUT2D eigenvalue weighted by molar-refractivity contribution is -0.124. The van der Waals surface area contributed by atoms with E-state index in [9.17, 15) is 9.18 Å². The van der Waals surface area contributed by atoms with Gasteiger partial charge in [-0.15, -0.1) is 0 Å². The monoisotopic (exact) mass is 479 g/mol. The van der Waals surface area contributed by atoms with Crippen LogP contribution in [0.5, 0.6) is 0 Å². The van der Waals surface area contributed by atoms with E-state index in [0.29, 0.717) is 34.7 Å². The van der Waals surface area contributed by atoms with Gasteiger partial charge in [-0.1, -0.05) is 35.9 Å². The van der Waals surface area contributed by atoms with Gasteiger partial charge in [-0.3, -0.25) is 14.7 Å². The maximum atomic E-state index is 13.1. The van der Waals surface area contributed by atoms with Crippen LogP contribution in [0.2, 0.25) is 5.02 Å². The number of benzene rings is 2. The molecule has 0 spiro atoms. The summed E-state index contributed by atoms with van der Waals surface area (Å²) in [5.74, 6) is -0.234. The quantitative estimate of drug-likeness (QED) is 0.167. The first-order chi connectivity index (χ1) is 16.5. The Morgan fingerprint density at radius 3 is 2.56 bits per heavy atom. The van der Waals surface area contributed by atoms with Crippen LogP contribution in [-0.4, -0.2) is 30.9 Å². The average Bonchev–Trinajstić information content (AvgIpc) is 3.28. The van der Waals surface area contributed by atoms with E-state index in [2.05, 4.69) is 25.7 Å². The minimum absolute atomic E-state index is 0.316. The molecule has 0 fully saturated rings. The van der Waals surface area contributed by atoms with Crippen molar-refractivity contribution < 1.29 is 14.4 Å². The molecule has 0 aliphatic heterocycles. The molecule has 9 nitrogen and oxygen atoms in total. The third-order valence-electron chi connectivity index (χ3n) is 4.60. The van der Waals surface area contributed by atoms with Gasteiger partial charge in [0.25, 0.3) is 5.91 Å². The number of carbonyl (C=O) groups excluding carboxylic acids is 1. The van der Waals surface area contributed by atoms with E-state index in [-0.39, 0.29) is 5.82 Å². The van der Waals surface area contributed by atoms with Crippen molar-refractivity contribution in [2.24, 2.45) is 0 Å². The molecule has 0 unspecified atom stereocenters. The van der Waals surface area contributed by atoms with Gasteiger partial charge in [0.1, 0.15) is 10.8 Å². The van der Waals surface area contributed by atoms with E-state index in [1.807, 2.05) is 30.5 Å². The number of nitrogens with zero attached hydrogens (tertiary/aromatic N) is 4. The fraction of sp³-hybridized carbons (Fsp3) is 0.0435. The molecule has 2 heterocycles. The zero-order valence-corrected chi connectivity index (χ0v) is 18.4. The molecule has 4 aromatic rings. The molecule has 4 rings (SSSR count). The lowest BCUT2D eigenvalue weighted by Gasteiger charge is -2.09. The Labute approximate surface area is 198 Å². The van der Waals surface area contributed by atoms with Crippen LogP contribution < -0.4 is 16.1 Å². The van der Waals surface area contributed by atoms with Gasteiger partial charge >= 0.3 is 0 Å². The first-order valence-corrected chi connectivity index (χ1v) is 10.4. The molecule has 0 saturated carbocycles. The van der Waals surface area contributed by atoms with Crippen molar-refractivity contribution in [1.29, 1.82) is 0 Å². The zero-order valence-electron chi connectivity index (χ0n) is 17.6. The van der Waals surface area contributed by atoms with Crippen molar-refractivity contribution in [1.82, 2.24) is 25.2 Å². The highest BCUT2D eigenvalue weighted by Gasteiger charge is 2.08. The summed E-state index contributed by atoms with van der Waals surface area (Å²) < 4.78 is 14.9. The topological polar surface area (TPSA) is 117 Å². The largest absolute Gasteiger partial charge is 0.339 e. The Balaban J connectivity index is 1.39. The predicted octanol–water partition coefficient (Wildman–Crippen LogP) is 4.52. The highest BCUT2D eigenvalue weighted by molar-refractivity contribution is 6.32. The maximum absolute atomic E-state index is 13.1. The van der Waals surface area contributed by atoms with Crippen LogP contribution in [0, 0.1) is 5.82 Å². The number of rotatable bonds is 8. The van der Waals surface area contributed by atoms with Gasteiger partial charge in [-0.05, 0) is 41.5 Å². The summed E-state index contributed by atoms with van der Waals surface area (Å²) in [4.78, 5) is 19.6. The lowest BCUT2D eigenvalue weighted by Crippen LogP contribution is -2.14. The third-order valence-corrected chi connectivity index (χ3v) is 4.88. The number of nitrogens with one attached hydrogen (secondary N) is 3. The van der Waals surface area contributed by atoms with Crippen LogP contribution in [0.25, 0.3) is 6.08 Å². The molecule has 0 bridgehead atoms. The summed E-state index contributed by atoms with van der Waals surface area (Å²) >= 11 is 6.19. The second kappa shape index (κ2) is 10.6. The minimum atomic E-state index is -0.594. The zero-order chi connectivity index (χ0) is 23.9.